The van der Waals surface area contributed by atoms with E-state index in [4.69, 9.17) is 0 Å². The van der Waals surface area contributed by atoms with Crippen molar-refractivity contribution in [3.63, 3.8) is 0 Å². The molecule has 0 bridgehead atoms. The van der Waals surface area contributed by atoms with Gasteiger partial charge in [-0.15, -0.1) is 0 Å². The van der Waals surface area contributed by atoms with E-state index in [2.05, 4.69) is 36.1 Å². The molecule has 0 spiro atoms. The maximum absolute atomic E-state index is 3.39. The number of hydrogen-bond donors (Lipinski definition) is 1. The van der Waals surface area contributed by atoms with Gasteiger partial charge in [0.2, 0.25) is 0 Å². The van der Waals surface area contributed by atoms with E-state index in [1.54, 1.807) is 0 Å². The molecule has 0 aromatic heterocycles. The van der Waals surface area contributed by atoms with Crippen molar-refractivity contribution in [3.05, 3.63) is 0 Å². The Bertz CT molecular complexity index is 194. The molecule has 1 unspecified atom stereocenters. The number of nitrogens with zero attached hydrogens (tertiary/aromatic N) is 2. The van der Waals surface area contributed by atoms with E-state index >= 15 is 0 Å². The Labute approximate surface area is 114 Å². The second-order valence-corrected chi connectivity index (χ2v) is 5.83. The van der Waals surface area contributed by atoms with Gasteiger partial charge in [-0.05, 0) is 66.0 Å². The summed E-state index contributed by atoms with van der Waals surface area (Å²) >= 11 is 0. The Balaban J connectivity index is 1.98. The van der Waals surface area contributed by atoms with Crippen LogP contribution in [0.15, 0.2) is 0 Å². The molecule has 1 rings (SSSR count). The van der Waals surface area contributed by atoms with Crippen molar-refractivity contribution in [2.24, 2.45) is 0 Å². The van der Waals surface area contributed by atoms with Crippen LogP contribution in [-0.4, -0.2) is 62.7 Å². The second-order valence-electron chi connectivity index (χ2n) is 5.83. The maximum Gasteiger partial charge on any atom is 0.0217 e. The monoisotopic (exact) mass is 255 g/mol. The minimum Gasteiger partial charge on any atom is -0.317 e. The van der Waals surface area contributed by atoms with Gasteiger partial charge >= 0.3 is 0 Å². The molecule has 1 saturated heterocycles. The molecule has 1 aliphatic heterocycles. The standard InChI is InChI=1S/C15H33N3/c1-4-16-11-7-5-6-8-12-18-13-9-10-15(14-18)17(2)3/h15-16H,4-14H2,1-3H3. The van der Waals surface area contributed by atoms with Gasteiger partial charge in [-0.3, -0.25) is 0 Å². The minimum atomic E-state index is 0.785. The molecule has 1 heterocycles. The first kappa shape index (κ1) is 15.9. The summed E-state index contributed by atoms with van der Waals surface area (Å²) in [4.78, 5) is 5.06. The number of nitrogens with one attached hydrogen (secondary N) is 1. The fraction of sp³-hybridized carbons (Fsp3) is 1.00. The smallest absolute Gasteiger partial charge is 0.0217 e. The van der Waals surface area contributed by atoms with E-state index in [9.17, 15) is 0 Å². The molecule has 0 saturated carbocycles. The molecule has 0 aromatic rings. The van der Waals surface area contributed by atoms with Crippen molar-refractivity contribution in [1.82, 2.24) is 15.1 Å². The highest BCUT2D eigenvalue weighted by atomic mass is 15.2. The van der Waals surface area contributed by atoms with Gasteiger partial charge in [-0.1, -0.05) is 19.8 Å². The van der Waals surface area contributed by atoms with Gasteiger partial charge in [0.1, 0.15) is 0 Å². The van der Waals surface area contributed by atoms with Crippen molar-refractivity contribution in [3.8, 4) is 0 Å². The zero-order chi connectivity index (χ0) is 13.2. The van der Waals surface area contributed by atoms with Gasteiger partial charge in [0.25, 0.3) is 0 Å². The van der Waals surface area contributed by atoms with Crippen molar-refractivity contribution in [2.75, 3.05) is 46.8 Å². The van der Waals surface area contributed by atoms with Crippen LogP contribution in [0, 0.1) is 0 Å². The highest BCUT2D eigenvalue weighted by molar-refractivity contribution is 4.77. The number of likely N-dealkylation sites (tertiary alicyclic amines) is 1. The third-order valence-corrected chi connectivity index (χ3v) is 4.04. The van der Waals surface area contributed by atoms with E-state index in [-0.39, 0.29) is 0 Å². The predicted octanol–water partition coefficient (Wildman–Crippen LogP) is 2.18. The Hall–Kier alpha value is -0.120. The average molecular weight is 255 g/mol. The molecular weight excluding hydrogens is 222 g/mol. The molecule has 0 amide bonds. The van der Waals surface area contributed by atoms with Gasteiger partial charge in [0.05, 0.1) is 0 Å². The fourth-order valence-corrected chi connectivity index (χ4v) is 2.77. The Morgan fingerprint density at radius 2 is 1.94 bits per heavy atom. The van der Waals surface area contributed by atoms with Crippen LogP contribution < -0.4 is 5.32 Å². The summed E-state index contributed by atoms with van der Waals surface area (Å²) in [5.74, 6) is 0. The lowest BCUT2D eigenvalue weighted by atomic mass is 10.0. The number of rotatable bonds is 9. The van der Waals surface area contributed by atoms with Gasteiger partial charge in [0, 0.05) is 12.6 Å². The normalized spacial score (nSPS) is 21.7. The van der Waals surface area contributed by atoms with Crippen molar-refractivity contribution in [1.29, 1.82) is 0 Å². The number of piperidine rings is 1. The summed E-state index contributed by atoms with van der Waals surface area (Å²) in [6, 6.07) is 0.785. The lowest BCUT2D eigenvalue weighted by Gasteiger charge is -2.36. The SMILES string of the molecule is CCNCCCCCCN1CCCC(N(C)C)C1. The lowest BCUT2D eigenvalue weighted by molar-refractivity contribution is 0.131. The van der Waals surface area contributed by atoms with E-state index < -0.39 is 0 Å². The van der Waals surface area contributed by atoms with Crippen LogP contribution in [0.5, 0.6) is 0 Å². The molecule has 3 heteroatoms. The van der Waals surface area contributed by atoms with Gasteiger partial charge in [-0.2, -0.15) is 0 Å². The van der Waals surface area contributed by atoms with E-state index in [1.807, 2.05) is 0 Å². The Morgan fingerprint density at radius 3 is 2.67 bits per heavy atom. The van der Waals surface area contributed by atoms with Crippen LogP contribution in [0.25, 0.3) is 0 Å². The second kappa shape index (κ2) is 9.76. The zero-order valence-corrected chi connectivity index (χ0v) is 12.7. The largest absolute Gasteiger partial charge is 0.317 e. The highest BCUT2D eigenvalue weighted by Gasteiger charge is 2.20. The van der Waals surface area contributed by atoms with Gasteiger partial charge < -0.3 is 15.1 Å². The highest BCUT2D eigenvalue weighted by Crippen LogP contribution is 2.14. The molecule has 0 aromatic carbocycles. The molecule has 1 aliphatic rings. The van der Waals surface area contributed by atoms with Crippen LogP contribution in [0.1, 0.15) is 45.4 Å². The van der Waals surface area contributed by atoms with Crippen LogP contribution in [0.2, 0.25) is 0 Å². The number of likely N-dealkylation sites (N-methyl/N-ethyl adjacent to an activating group) is 1. The van der Waals surface area contributed by atoms with Crippen LogP contribution in [0.4, 0.5) is 0 Å². The zero-order valence-electron chi connectivity index (χ0n) is 12.7. The van der Waals surface area contributed by atoms with E-state index in [0.717, 1.165) is 12.6 Å². The summed E-state index contributed by atoms with van der Waals surface area (Å²) in [6.45, 7) is 8.40. The summed E-state index contributed by atoms with van der Waals surface area (Å²) < 4.78 is 0. The molecule has 0 radical (unpaired) electrons. The quantitative estimate of drug-likeness (QED) is 0.637. The fourth-order valence-electron chi connectivity index (χ4n) is 2.77. The van der Waals surface area contributed by atoms with Crippen LogP contribution >= 0.6 is 0 Å². The third-order valence-electron chi connectivity index (χ3n) is 4.04. The van der Waals surface area contributed by atoms with Crippen LogP contribution in [-0.2, 0) is 0 Å². The van der Waals surface area contributed by atoms with E-state index in [0.29, 0.717) is 0 Å². The molecular formula is C15H33N3. The van der Waals surface area contributed by atoms with Crippen molar-refractivity contribution < 1.29 is 0 Å². The summed E-state index contributed by atoms with van der Waals surface area (Å²) in [5.41, 5.74) is 0. The molecule has 3 nitrogen and oxygen atoms in total. The van der Waals surface area contributed by atoms with Crippen molar-refractivity contribution in [2.45, 2.75) is 51.5 Å². The average Bonchev–Trinajstić information content (AvgIpc) is 2.38. The maximum atomic E-state index is 3.39. The molecule has 1 fully saturated rings. The first-order valence-electron chi connectivity index (χ1n) is 7.83. The first-order chi connectivity index (χ1) is 8.74. The lowest BCUT2D eigenvalue weighted by Crippen LogP contribution is -2.45. The first-order valence-corrected chi connectivity index (χ1v) is 7.83. The molecule has 0 aliphatic carbocycles. The van der Waals surface area contributed by atoms with Gasteiger partial charge in [0.15, 0.2) is 0 Å². The molecule has 18 heavy (non-hydrogen) atoms. The molecule has 1 atom stereocenters. The molecule has 1 N–H and O–H groups in total. The molecule has 108 valence electrons. The predicted molar refractivity (Wildman–Crippen MR) is 80.2 cm³/mol. The topological polar surface area (TPSA) is 18.5 Å². The summed E-state index contributed by atoms with van der Waals surface area (Å²) in [6.07, 6.45) is 8.27. The third kappa shape index (κ3) is 6.72. The minimum absolute atomic E-state index is 0.785. The number of hydrogen-bond acceptors (Lipinski definition) is 3. The van der Waals surface area contributed by atoms with Gasteiger partial charge in [-0.25, -0.2) is 0 Å². The Kier molecular flexibility index (Phi) is 8.64. The van der Waals surface area contributed by atoms with Crippen molar-refractivity contribution >= 4 is 0 Å². The van der Waals surface area contributed by atoms with E-state index in [1.165, 1.54) is 64.7 Å². The summed E-state index contributed by atoms with van der Waals surface area (Å²) in [7, 11) is 4.43. The van der Waals surface area contributed by atoms with Crippen LogP contribution in [0.3, 0.4) is 0 Å². The number of unbranched alkanes of at least 4 members (excludes halogenated alkanes) is 3. The Morgan fingerprint density at radius 1 is 1.17 bits per heavy atom. The summed E-state index contributed by atoms with van der Waals surface area (Å²) in [5, 5.41) is 3.39.